The van der Waals surface area contributed by atoms with Crippen molar-refractivity contribution in [2.24, 2.45) is 5.73 Å². The van der Waals surface area contributed by atoms with Crippen LogP contribution in [0.25, 0.3) is 0 Å². The molecule has 0 atom stereocenters. The Kier molecular flexibility index (Phi) is 5.13. The van der Waals surface area contributed by atoms with Gasteiger partial charge in [0.1, 0.15) is 0 Å². The van der Waals surface area contributed by atoms with Crippen LogP contribution in [0.1, 0.15) is 16.7 Å². The maximum Gasteiger partial charge on any atom is 0.0237 e. The summed E-state index contributed by atoms with van der Waals surface area (Å²) in [6.45, 7) is 5.65. The van der Waals surface area contributed by atoms with Gasteiger partial charge in [0.2, 0.25) is 0 Å². The zero-order chi connectivity index (χ0) is 13.5. The van der Waals surface area contributed by atoms with E-state index in [2.05, 4.69) is 66.4 Å². The molecule has 0 saturated carbocycles. The van der Waals surface area contributed by atoms with Gasteiger partial charge >= 0.3 is 0 Å². The van der Waals surface area contributed by atoms with Crippen molar-refractivity contribution in [2.75, 3.05) is 13.1 Å². The molecule has 2 aromatic rings. The molecule has 2 heteroatoms. The minimum absolute atomic E-state index is 0.693. The van der Waals surface area contributed by atoms with Crippen molar-refractivity contribution < 1.29 is 0 Å². The fourth-order valence-corrected chi connectivity index (χ4v) is 2.31. The summed E-state index contributed by atoms with van der Waals surface area (Å²) in [5, 5.41) is 0. The predicted molar refractivity (Wildman–Crippen MR) is 80.8 cm³/mol. The summed E-state index contributed by atoms with van der Waals surface area (Å²) in [6, 6.07) is 19.2. The minimum atomic E-state index is 0.693. The smallest absolute Gasteiger partial charge is 0.0237 e. The molecule has 19 heavy (non-hydrogen) atoms. The Morgan fingerprint density at radius 2 is 1.58 bits per heavy atom. The van der Waals surface area contributed by atoms with E-state index in [4.69, 9.17) is 5.73 Å². The maximum absolute atomic E-state index is 5.72. The van der Waals surface area contributed by atoms with Gasteiger partial charge in [-0.1, -0.05) is 60.2 Å². The van der Waals surface area contributed by atoms with Gasteiger partial charge in [-0.15, -0.1) is 0 Å². The molecule has 0 fully saturated rings. The van der Waals surface area contributed by atoms with Crippen LogP contribution in [-0.4, -0.2) is 18.0 Å². The highest BCUT2D eigenvalue weighted by atomic mass is 15.1. The largest absolute Gasteiger partial charge is 0.329 e. The molecule has 0 unspecified atom stereocenters. The monoisotopic (exact) mass is 254 g/mol. The summed E-state index contributed by atoms with van der Waals surface area (Å²) in [6.07, 6.45) is 0. The van der Waals surface area contributed by atoms with Crippen molar-refractivity contribution in [1.82, 2.24) is 4.90 Å². The SMILES string of the molecule is Cc1cccc(CN(CCN)Cc2ccccc2)c1. The Hall–Kier alpha value is -1.64. The van der Waals surface area contributed by atoms with Crippen molar-refractivity contribution in [1.29, 1.82) is 0 Å². The highest BCUT2D eigenvalue weighted by molar-refractivity contribution is 5.22. The molecular weight excluding hydrogens is 232 g/mol. The standard InChI is InChI=1S/C17H22N2/c1-15-6-5-9-17(12-15)14-19(11-10-18)13-16-7-3-2-4-8-16/h2-9,12H,10-11,13-14,18H2,1H3. The Balaban J connectivity index is 2.04. The van der Waals surface area contributed by atoms with Crippen LogP contribution in [0.15, 0.2) is 54.6 Å². The Morgan fingerprint density at radius 3 is 2.26 bits per heavy atom. The summed E-state index contributed by atoms with van der Waals surface area (Å²) in [4.78, 5) is 2.39. The molecule has 0 aromatic heterocycles. The van der Waals surface area contributed by atoms with Gasteiger partial charge in [0.25, 0.3) is 0 Å². The van der Waals surface area contributed by atoms with Crippen LogP contribution < -0.4 is 5.73 Å². The van der Waals surface area contributed by atoms with Gasteiger partial charge < -0.3 is 5.73 Å². The number of rotatable bonds is 6. The average Bonchev–Trinajstić information content (AvgIpc) is 2.40. The van der Waals surface area contributed by atoms with Crippen LogP contribution in [0, 0.1) is 6.92 Å². The Morgan fingerprint density at radius 1 is 0.895 bits per heavy atom. The first kappa shape index (κ1) is 13.8. The molecule has 0 aliphatic carbocycles. The lowest BCUT2D eigenvalue weighted by Crippen LogP contribution is -2.28. The van der Waals surface area contributed by atoms with E-state index in [1.165, 1.54) is 16.7 Å². The maximum atomic E-state index is 5.72. The lowest BCUT2D eigenvalue weighted by atomic mass is 10.1. The summed E-state index contributed by atoms with van der Waals surface area (Å²) in [5.74, 6) is 0. The third kappa shape index (κ3) is 4.51. The van der Waals surface area contributed by atoms with E-state index < -0.39 is 0 Å². The number of nitrogens with zero attached hydrogens (tertiary/aromatic N) is 1. The molecule has 2 rings (SSSR count). The van der Waals surface area contributed by atoms with Crippen LogP contribution in [0.2, 0.25) is 0 Å². The summed E-state index contributed by atoms with van der Waals surface area (Å²) < 4.78 is 0. The van der Waals surface area contributed by atoms with Crippen LogP contribution in [0.3, 0.4) is 0 Å². The molecule has 0 aliphatic rings. The van der Waals surface area contributed by atoms with E-state index in [0.717, 1.165) is 19.6 Å². The van der Waals surface area contributed by atoms with E-state index in [1.807, 2.05) is 0 Å². The summed E-state index contributed by atoms with van der Waals surface area (Å²) in [5.41, 5.74) is 9.72. The number of hydrogen-bond acceptors (Lipinski definition) is 2. The van der Waals surface area contributed by atoms with Gasteiger partial charge in [0.05, 0.1) is 0 Å². The van der Waals surface area contributed by atoms with Gasteiger partial charge in [0, 0.05) is 26.2 Å². The highest BCUT2D eigenvalue weighted by Crippen LogP contribution is 2.11. The van der Waals surface area contributed by atoms with Crippen molar-refractivity contribution in [3.63, 3.8) is 0 Å². The topological polar surface area (TPSA) is 29.3 Å². The summed E-state index contributed by atoms with van der Waals surface area (Å²) >= 11 is 0. The first-order valence-electron chi connectivity index (χ1n) is 6.80. The van der Waals surface area contributed by atoms with Crippen LogP contribution >= 0.6 is 0 Å². The van der Waals surface area contributed by atoms with Crippen LogP contribution in [0.5, 0.6) is 0 Å². The minimum Gasteiger partial charge on any atom is -0.329 e. The van der Waals surface area contributed by atoms with Crippen molar-refractivity contribution >= 4 is 0 Å². The van der Waals surface area contributed by atoms with E-state index in [1.54, 1.807) is 0 Å². The number of aryl methyl sites for hydroxylation is 1. The average molecular weight is 254 g/mol. The first-order valence-corrected chi connectivity index (χ1v) is 6.80. The number of hydrogen-bond donors (Lipinski definition) is 1. The van der Waals surface area contributed by atoms with Gasteiger partial charge in [0.15, 0.2) is 0 Å². The van der Waals surface area contributed by atoms with Crippen molar-refractivity contribution in [2.45, 2.75) is 20.0 Å². The molecule has 2 aromatic carbocycles. The van der Waals surface area contributed by atoms with E-state index in [0.29, 0.717) is 6.54 Å². The second kappa shape index (κ2) is 7.07. The van der Waals surface area contributed by atoms with E-state index in [9.17, 15) is 0 Å². The number of benzene rings is 2. The Bertz CT molecular complexity index is 494. The molecule has 0 saturated heterocycles. The van der Waals surface area contributed by atoms with Crippen molar-refractivity contribution in [3.8, 4) is 0 Å². The third-order valence-corrected chi connectivity index (χ3v) is 3.18. The molecule has 0 bridgehead atoms. The lowest BCUT2D eigenvalue weighted by Gasteiger charge is -2.22. The first-order chi connectivity index (χ1) is 9.28. The second-order valence-corrected chi connectivity index (χ2v) is 4.97. The molecular formula is C17H22N2. The molecule has 0 spiro atoms. The zero-order valence-corrected chi connectivity index (χ0v) is 11.5. The van der Waals surface area contributed by atoms with Gasteiger partial charge in [-0.05, 0) is 18.1 Å². The fourth-order valence-electron chi connectivity index (χ4n) is 2.31. The van der Waals surface area contributed by atoms with Crippen LogP contribution in [0.4, 0.5) is 0 Å². The van der Waals surface area contributed by atoms with Crippen LogP contribution in [-0.2, 0) is 13.1 Å². The fraction of sp³-hybridized carbons (Fsp3) is 0.294. The van der Waals surface area contributed by atoms with E-state index in [-0.39, 0.29) is 0 Å². The normalized spacial score (nSPS) is 10.9. The predicted octanol–water partition coefficient (Wildman–Crippen LogP) is 2.96. The molecule has 2 nitrogen and oxygen atoms in total. The van der Waals surface area contributed by atoms with Gasteiger partial charge in [-0.25, -0.2) is 0 Å². The lowest BCUT2D eigenvalue weighted by molar-refractivity contribution is 0.264. The zero-order valence-electron chi connectivity index (χ0n) is 11.5. The molecule has 0 heterocycles. The molecule has 2 N–H and O–H groups in total. The van der Waals surface area contributed by atoms with Crippen molar-refractivity contribution in [3.05, 3.63) is 71.3 Å². The van der Waals surface area contributed by atoms with Gasteiger partial charge in [-0.3, -0.25) is 4.90 Å². The quantitative estimate of drug-likeness (QED) is 0.858. The summed E-state index contributed by atoms with van der Waals surface area (Å²) in [7, 11) is 0. The second-order valence-electron chi connectivity index (χ2n) is 4.97. The number of nitrogens with two attached hydrogens (primary N) is 1. The molecule has 0 amide bonds. The Labute approximate surface area is 115 Å². The molecule has 100 valence electrons. The highest BCUT2D eigenvalue weighted by Gasteiger charge is 2.06. The van der Waals surface area contributed by atoms with E-state index >= 15 is 0 Å². The molecule has 0 radical (unpaired) electrons. The molecule has 0 aliphatic heterocycles. The third-order valence-electron chi connectivity index (χ3n) is 3.18. The van der Waals surface area contributed by atoms with Gasteiger partial charge in [-0.2, -0.15) is 0 Å².